The summed E-state index contributed by atoms with van der Waals surface area (Å²) in [4.78, 5) is 20.3. The number of ketones is 1. The maximum atomic E-state index is 15.0. The zero-order valence-electron chi connectivity index (χ0n) is 23.2. The van der Waals surface area contributed by atoms with Crippen LogP contribution in [0.5, 0.6) is 5.75 Å². The Labute approximate surface area is 236 Å². The Kier molecular flexibility index (Phi) is 7.19. The zero-order valence-corrected chi connectivity index (χ0v) is 24.8. The van der Waals surface area contributed by atoms with Crippen LogP contribution >= 0.6 is 11.6 Å². The zero-order chi connectivity index (χ0) is 28.2. The molecule has 2 atom stereocenters. The van der Waals surface area contributed by atoms with Crippen molar-refractivity contribution in [1.29, 1.82) is 0 Å². The fourth-order valence-corrected chi connectivity index (χ4v) is 9.40. The monoisotopic (exact) mass is 569 g/mol. The van der Waals surface area contributed by atoms with Crippen LogP contribution in [-0.4, -0.2) is 48.7 Å². The second-order valence-corrected chi connectivity index (χ2v) is 13.6. The van der Waals surface area contributed by atoms with Crippen molar-refractivity contribution in [3.05, 3.63) is 59.2 Å². The third-order valence-corrected chi connectivity index (χ3v) is 11.9. The van der Waals surface area contributed by atoms with E-state index in [2.05, 4.69) is 23.7 Å². The molecular weight excluding hydrogens is 534 g/mol. The number of sulfonamides is 1. The molecule has 39 heavy (non-hydrogen) atoms. The summed E-state index contributed by atoms with van der Waals surface area (Å²) >= 11 is 6.28. The predicted molar refractivity (Wildman–Crippen MR) is 156 cm³/mol. The van der Waals surface area contributed by atoms with Crippen molar-refractivity contribution in [3.8, 4) is 5.75 Å². The minimum atomic E-state index is -4.22. The van der Waals surface area contributed by atoms with Crippen LogP contribution in [0.25, 0.3) is 10.9 Å². The summed E-state index contributed by atoms with van der Waals surface area (Å²) in [5.41, 5.74) is 1.46. The van der Waals surface area contributed by atoms with Crippen LogP contribution < -0.4 is 9.04 Å². The van der Waals surface area contributed by atoms with Gasteiger partial charge in [-0.3, -0.25) is 14.7 Å². The molecule has 5 rings (SSSR count). The van der Waals surface area contributed by atoms with Gasteiger partial charge in [0.15, 0.2) is 10.5 Å². The third kappa shape index (κ3) is 4.32. The minimum absolute atomic E-state index is 0.0483. The summed E-state index contributed by atoms with van der Waals surface area (Å²) in [5.74, 6) is 0.500. The number of pyridine rings is 1. The normalized spacial score (nSPS) is 22.1. The van der Waals surface area contributed by atoms with Crippen LogP contribution in [0.15, 0.2) is 48.5 Å². The maximum absolute atomic E-state index is 15.0. The fraction of sp³-hybridized carbons (Fsp3) is 0.467. The smallest absolute Gasteiger partial charge is 0.253 e. The van der Waals surface area contributed by atoms with Crippen molar-refractivity contribution in [2.45, 2.75) is 58.6 Å². The Morgan fingerprint density at radius 2 is 1.77 bits per heavy atom. The Hall–Kier alpha value is -2.68. The first kappa shape index (κ1) is 27.9. The first-order chi connectivity index (χ1) is 18.5. The van der Waals surface area contributed by atoms with Crippen LogP contribution in [0.1, 0.15) is 52.7 Å². The number of hydrogen-bond donors (Lipinski definition) is 0. The topological polar surface area (TPSA) is 79.8 Å². The molecule has 1 aromatic heterocycles. The van der Waals surface area contributed by atoms with E-state index in [4.69, 9.17) is 16.3 Å². The summed E-state index contributed by atoms with van der Waals surface area (Å²) in [6.45, 7) is 12.0. The second-order valence-electron chi connectivity index (χ2n) is 11.2. The van der Waals surface area contributed by atoms with E-state index >= 15 is 0 Å². The van der Waals surface area contributed by atoms with Gasteiger partial charge in [-0.15, -0.1) is 0 Å². The van der Waals surface area contributed by atoms with Gasteiger partial charge in [0.25, 0.3) is 10.0 Å². The summed E-state index contributed by atoms with van der Waals surface area (Å²) in [7, 11) is -4.22. The van der Waals surface area contributed by atoms with Crippen LogP contribution in [0.2, 0.25) is 5.02 Å². The van der Waals surface area contributed by atoms with Gasteiger partial charge >= 0.3 is 0 Å². The van der Waals surface area contributed by atoms with Gasteiger partial charge < -0.3 is 4.74 Å². The highest BCUT2D eigenvalue weighted by Gasteiger charge is 2.72. The van der Waals surface area contributed by atoms with E-state index in [9.17, 15) is 13.2 Å². The second kappa shape index (κ2) is 10.1. The number of Topliss-reactive ketones (excluding diaryl/α,β-unsaturated/α-hetero) is 1. The lowest BCUT2D eigenvalue weighted by molar-refractivity contribution is -0.121. The molecule has 0 N–H and O–H groups in total. The number of hydrogen-bond acceptors (Lipinski definition) is 6. The molecule has 2 aliphatic carbocycles. The van der Waals surface area contributed by atoms with Gasteiger partial charge in [0.1, 0.15) is 12.5 Å². The number of fused-ring (bicyclic) bond motifs is 3. The van der Waals surface area contributed by atoms with E-state index in [1.807, 2.05) is 20.8 Å². The number of benzene rings is 2. The highest BCUT2D eigenvalue weighted by Crippen LogP contribution is 2.63. The molecule has 9 heteroatoms. The molecule has 0 radical (unpaired) electrons. The predicted octanol–water partition coefficient (Wildman–Crippen LogP) is 6.49. The Morgan fingerprint density at radius 1 is 1.08 bits per heavy atom. The van der Waals surface area contributed by atoms with Crippen LogP contribution in [0.4, 0.5) is 11.4 Å². The Bertz CT molecular complexity index is 1510. The van der Waals surface area contributed by atoms with E-state index in [1.165, 1.54) is 4.31 Å². The Morgan fingerprint density at radius 3 is 2.36 bits per heavy atom. The fourth-order valence-electron chi connectivity index (χ4n) is 6.53. The molecule has 2 aliphatic rings. The largest absolute Gasteiger partial charge is 0.478 e. The van der Waals surface area contributed by atoms with Crippen molar-refractivity contribution in [3.63, 3.8) is 0 Å². The van der Waals surface area contributed by atoms with Gasteiger partial charge in [-0.1, -0.05) is 39.3 Å². The summed E-state index contributed by atoms with van der Waals surface area (Å²) in [6, 6.07) is 14.1. The molecule has 7 nitrogen and oxygen atoms in total. The highest BCUT2D eigenvalue weighted by atomic mass is 35.5. The van der Waals surface area contributed by atoms with Crippen LogP contribution in [0.3, 0.4) is 0 Å². The lowest BCUT2D eigenvalue weighted by Gasteiger charge is -2.40. The van der Waals surface area contributed by atoms with E-state index in [-0.39, 0.29) is 11.7 Å². The van der Waals surface area contributed by atoms with Crippen LogP contribution in [0, 0.1) is 18.3 Å². The number of anilines is 2. The minimum Gasteiger partial charge on any atom is -0.478 e. The van der Waals surface area contributed by atoms with E-state index in [0.717, 1.165) is 19.5 Å². The van der Waals surface area contributed by atoms with Crippen molar-refractivity contribution < 1.29 is 17.9 Å². The highest BCUT2D eigenvalue weighted by molar-refractivity contribution is 7.95. The van der Waals surface area contributed by atoms with Gasteiger partial charge in [-0.2, -0.15) is 0 Å². The molecule has 2 saturated carbocycles. The summed E-state index contributed by atoms with van der Waals surface area (Å²) in [5, 5.41) is 1.16. The molecule has 2 fully saturated rings. The molecule has 208 valence electrons. The lowest BCUT2D eigenvalue weighted by atomic mass is 9.81. The molecule has 3 aromatic rings. The molecule has 0 spiro atoms. The van der Waals surface area contributed by atoms with Gasteiger partial charge in [0, 0.05) is 22.5 Å². The molecule has 2 aromatic carbocycles. The number of aromatic nitrogens is 1. The van der Waals surface area contributed by atoms with Gasteiger partial charge in [0.2, 0.25) is 0 Å². The number of ether oxygens (including phenoxy) is 1. The van der Waals surface area contributed by atoms with Crippen molar-refractivity contribution in [1.82, 2.24) is 9.88 Å². The first-order valence-corrected chi connectivity index (χ1v) is 15.4. The average molecular weight is 570 g/mol. The molecule has 0 amide bonds. The van der Waals surface area contributed by atoms with E-state index < -0.39 is 20.2 Å². The number of halogens is 1. The third-order valence-electron chi connectivity index (χ3n) is 8.95. The van der Waals surface area contributed by atoms with Gasteiger partial charge in [-0.25, -0.2) is 12.7 Å². The maximum Gasteiger partial charge on any atom is 0.253 e. The molecular formula is C30H36ClN3O4S. The molecule has 0 aliphatic heterocycles. The quantitative estimate of drug-likeness (QED) is 0.274. The van der Waals surface area contributed by atoms with Crippen molar-refractivity contribution >= 4 is 49.7 Å². The Balaban J connectivity index is 1.68. The number of rotatable bonds is 9. The molecule has 1 heterocycles. The number of carbonyl (C=O) groups excluding carboxylic acids is 1. The SMILES string of the molecule is CCN(CC)COc1ccc(N(c2cc(C)nc3cc(Cl)ccc23)S(=O)(=O)[C@@]23CCC(CC2=O)C3(C)C)cc1. The molecule has 0 saturated heterocycles. The number of aryl methyl sites for hydroxylation is 1. The lowest BCUT2D eigenvalue weighted by Crippen LogP contribution is -2.55. The number of nitrogens with zero attached hydrogens (tertiary/aromatic N) is 3. The van der Waals surface area contributed by atoms with Crippen molar-refractivity contribution in [2.75, 3.05) is 24.1 Å². The number of carbonyl (C=O) groups is 1. The standard InChI is InChI=1S/C30H36ClN3O4S/c1-6-33(7-2)19-38-24-11-9-23(10-12-24)34(27-16-20(3)32-26-18-22(31)8-13-25(26)27)39(36,37)30-15-14-21(17-28(30)35)29(30,4)5/h8-13,16,18,21H,6-7,14-15,17,19H2,1-5H3/t21?,30-/m0/s1. The molecule has 2 bridgehead atoms. The summed E-state index contributed by atoms with van der Waals surface area (Å²) < 4.78 is 35.7. The van der Waals surface area contributed by atoms with Gasteiger partial charge in [0.05, 0.1) is 16.9 Å². The van der Waals surface area contributed by atoms with E-state index in [1.54, 1.807) is 48.5 Å². The van der Waals surface area contributed by atoms with Gasteiger partial charge in [-0.05, 0) is 92.7 Å². The van der Waals surface area contributed by atoms with E-state index in [0.29, 0.717) is 58.3 Å². The van der Waals surface area contributed by atoms with Crippen molar-refractivity contribution in [2.24, 2.45) is 11.3 Å². The summed E-state index contributed by atoms with van der Waals surface area (Å²) in [6.07, 6.45) is 1.33. The molecule has 1 unspecified atom stereocenters. The van der Waals surface area contributed by atoms with Crippen LogP contribution in [-0.2, 0) is 14.8 Å². The average Bonchev–Trinajstić information content (AvgIpc) is 3.27. The first-order valence-electron chi connectivity index (χ1n) is 13.6.